The van der Waals surface area contributed by atoms with Crippen molar-refractivity contribution in [1.82, 2.24) is 4.90 Å². The van der Waals surface area contributed by atoms with Crippen LogP contribution in [0.2, 0.25) is 0 Å². The fourth-order valence-corrected chi connectivity index (χ4v) is 2.39. The smallest absolute Gasteiger partial charge is 0.325 e. The van der Waals surface area contributed by atoms with Gasteiger partial charge in [0.2, 0.25) is 0 Å². The average molecular weight is 293 g/mol. The van der Waals surface area contributed by atoms with E-state index in [2.05, 4.69) is 4.74 Å². The molecule has 6 nitrogen and oxygen atoms in total. The highest BCUT2D eigenvalue weighted by Gasteiger charge is 2.36. The molecule has 1 aromatic carbocycles. The molecule has 0 saturated carbocycles. The summed E-state index contributed by atoms with van der Waals surface area (Å²) in [7, 11) is 1.19. The average Bonchev–Trinajstić information content (AvgIpc) is 2.69. The maximum atomic E-state index is 12.0. The van der Waals surface area contributed by atoms with Gasteiger partial charge in [-0.05, 0) is 35.5 Å². The van der Waals surface area contributed by atoms with Crippen LogP contribution >= 0.6 is 11.8 Å². The van der Waals surface area contributed by atoms with Crippen molar-refractivity contribution in [3.05, 3.63) is 34.7 Å². The van der Waals surface area contributed by atoms with Crippen molar-refractivity contribution in [2.75, 3.05) is 13.7 Å². The molecule has 1 N–H and O–H groups in total. The van der Waals surface area contributed by atoms with Crippen LogP contribution < -0.4 is 0 Å². The van der Waals surface area contributed by atoms with Crippen LogP contribution in [-0.4, -0.2) is 40.8 Å². The molecule has 1 heterocycles. The number of aromatic hydroxyl groups is 1. The van der Waals surface area contributed by atoms with E-state index >= 15 is 0 Å². The molecule has 0 aromatic heterocycles. The summed E-state index contributed by atoms with van der Waals surface area (Å²) in [5, 5.41) is 8.66. The first-order chi connectivity index (χ1) is 9.51. The van der Waals surface area contributed by atoms with E-state index in [9.17, 15) is 19.5 Å². The number of rotatable bonds is 3. The van der Waals surface area contributed by atoms with Crippen molar-refractivity contribution < 1.29 is 24.2 Å². The molecular formula is C13H11NO5S. The highest BCUT2D eigenvalue weighted by atomic mass is 32.2. The van der Waals surface area contributed by atoms with Crippen LogP contribution in [0.1, 0.15) is 5.56 Å². The maximum Gasteiger partial charge on any atom is 0.325 e. The lowest BCUT2D eigenvalue weighted by Crippen LogP contribution is -2.34. The van der Waals surface area contributed by atoms with Crippen molar-refractivity contribution >= 4 is 35.0 Å². The Hall–Kier alpha value is -2.28. The van der Waals surface area contributed by atoms with E-state index in [1.54, 1.807) is 12.1 Å². The fraction of sp³-hybridized carbons (Fsp3) is 0.154. The van der Waals surface area contributed by atoms with Crippen molar-refractivity contribution in [3.8, 4) is 5.75 Å². The number of thioether (sulfide) groups is 1. The minimum absolute atomic E-state index is 0.112. The van der Waals surface area contributed by atoms with Crippen molar-refractivity contribution in [3.63, 3.8) is 0 Å². The minimum Gasteiger partial charge on any atom is -0.508 e. The van der Waals surface area contributed by atoms with Gasteiger partial charge in [0.15, 0.2) is 0 Å². The number of ether oxygens (including phenoxy) is 1. The number of benzene rings is 1. The number of phenols is 1. The summed E-state index contributed by atoms with van der Waals surface area (Å²) in [6, 6.07) is 6.18. The molecule has 1 aliphatic heterocycles. The molecule has 0 radical (unpaired) electrons. The quantitative estimate of drug-likeness (QED) is 0.673. The third-order valence-corrected chi connectivity index (χ3v) is 3.49. The predicted octanol–water partition coefficient (Wildman–Crippen LogP) is 1.60. The second-order valence-corrected chi connectivity index (χ2v) is 4.93. The van der Waals surface area contributed by atoms with E-state index in [0.29, 0.717) is 5.56 Å². The molecule has 1 fully saturated rings. The highest BCUT2D eigenvalue weighted by Crippen LogP contribution is 2.32. The molecule has 2 amide bonds. The summed E-state index contributed by atoms with van der Waals surface area (Å²) in [5.74, 6) is -1.07. The Kier molecular flexibility index (Phi) is 4.09. The van der Waals surface area contributed by atoms with Gasteiger partial charge in [-0.3, -0.25) is 19.3 Å². The van der Waals surface area contributed by atoms with Gasteiger partial charge in [-0.1, -0.05) is 12.1 Å². The Balaban J connectivity index is 2.19. The first-order valence-corrected chi connectivity index (χ1v) is 6.44. The summed E-state index contributed by atoms with van der Waals surface area (Å²) in [5.41, 5.74) is 0.673. The third kappa shape index (κ3) is 3.00. The fourth-order valence-electron chi connectivity index (χ4n) is 1.55. The molecule has 7 heteroatoms. The molecule has 1 saturated heterocycles. The Bertz CT molecular complexity index is 593. The number of esters is 1. The lowest BCUT2D eigenvalue weighted by molar-refractivity contribution is -0.143. The van der Waals surface area contributed by atoms with Gasteiger partial charge in [-0.2, -0.15) is 0 Å². The lowest BCUT2D eigenvalue weighted by Gasteiger charge is -2.09. The number of hydrogen-bond acceptors (Lipinski definition) is 6. The predicted molar refractivity (Wildman–Crippen MR) is 72.8 cm³/mol. The zero-order chi connectivity index (χ0) is 14.7. The molecule has 0 unspecified atom stereocenters. The van der Waals surface area contributed by atoms with Crippen LogP contribution in [0, 0.1) is 0 Å². The third-order valence-electron chi connectivity index (χ3n) is 2.58. The van der Waals surface area contributed by atoms with Crippen LogP contribution in [0.4, 0.5) is 4.79 Å². The molecule has 1 aromatic rings. The number of carbonyl (C=O) groups is 3. The molecule has 104 valence electrons. The summed E-state index contributed by atoms with van der Waals surface area (Å²) in [6.07, 6.45) is 1.53. The van der Waals surface area contributed by atoms with E-state index in [1.807, 2.05) is 0 Å². The van der Waals surface area contributed by atoms with E-state index in [4.69, 9.17) is 0 Å². The zero-order valence-electron chi connectivity index (χ0n) is 10.5. The van der Waals surface area contributed by atoms with Crippen molar-refractivity contribution in [2.24, 2.45) is 0 Å². The topological polar surface area (TPSA) is 83.9 Å². The van der Waals surface area contributed by atoms with Crippen molar-refractivity contribution in [2.45, 2.75) is 0 Å². The molecule has 2 rings (SSSR count). The Morgan fingerprint density at radius 2 is 2.00 bits per heavy atom. The number of imide groups is 1. The SMILES string of the molecule is COC(=O)CN1C(=O)S/C(=C\c2ccc(O)cc2)C1=O. The van der Waals surface area contributed by atoms with Gasteiger partial charge in [0.25, 0.3) is 11.1 Å². The standard InChI is InChI=1S/C13H11NO5S/c1-19-11(16)7-14-12(17)10(20-13(14)18)6-8-2-4-9(15)5-3-8/h2-6,15H,7H2,1H3/b10-6-. The van der Waals surface area contributed by atoms with E-state index in [-0.39, 0.29) is 10.7 Å². The molecule has 0 spiro atoms. The van der Waals surface area contributed by atoms with E-state index in [0.717, 1.165) is 16.7 Å². The Morgan fingerprint density at radius 1 is 1.35 bits per heavy atom. The number of nitrogens with zero attached hydrogens (tertiary/aromatic N) is 1. The van der Waals surface area contributed by atoms with Gasteiger partial charge in [0, 0.05) is 0 Å². The van der Waals surface area contributed by atoms with E-state index in [1.165, 1.54) is 25.3 Å². The van der Waals surface area contributed by atoms with Crippen LogP contribution in [0.25, 0.3) is 6.08 Å². The molecular weight excluding hydrogens is 282 g/mol. The second kappa shape index (κ2) is 5.79. The van der Waals surface area contributed by atoms with Gasteiger partial charge < -0.3 is 9.84 Å². The Labute approximate surface area is 119 Å². The summed E-state index contributed by atoms with van der Waals surface area (Å²) < 4.78 is 4.43. The molecule has 1 aliphatic rings. The van der Waals surface area contributed by atoms with Gasteiger partial charge in [0.05, 0.1) is 12.0 Å². The summed E-state index contributed by atoms with van der Waals surface area (Å²) >= 11 is 0.762. The van der Waals surface area contributed by atoms with Gasteiger partial charge in [0.1, 0.15) is 12.3 Å². The van der Waals surface area contributed by atoms with Crippen LogP contribution in [0.15, 0.2) is 29.2 Å². The maximum absolute atomic E-state index is 12.0. The zero-order valence-corrected chi connectivity index (χ0v) is 11.3. The number of methoxy groups -OCH3 is 1. The number of phenolic OH excluding ortho intramolecular Hbond substituents is 1. The lowest BCUT2D eigenvalue weighted by atomic mass is 10.2. The minimum atomic E-state index is -0.654. The largest absolute Gasteiger partial charge is 0.508 e. The van der Waals surface area contributed by atoms with Crippen LogP contribution in [-0.2, 0) is 14.3 Å². The molecule has 0 atom stereocenters. The normalized spacial score (nSPS) is 16.9. The number of amides is 2. The summed E-state index contributed by atoms with van der Waals surface area (Å²) in [6.45, 7) is -0.395. The van der Waals surface area contributed by atoms with Gasteiger partial charge in [-0.15, -0.1) is 0 Å². The second-order valence-electron chi connectivity index (χ2n) is 3.94. The van der Waals surface area contributed by atoms with Crippen molar-refractivity contribution in [1.29, 1.82) is 0 Å². The molecule has 20 heavy (non-hydrogen) atoms. The van der Waals surface area contributed by atoms with Crippen LogP contribution in [0.3, 0.4) is 0 Å². The molecule has 0 bridgehead atoms. The van der Waals surface area contributed by atoms with Crippen LogP contribution in [0.5, 0.6) is 5.75 Å². The van der Waals surface area contributed by atoms with Gasteiger partial charge in [-0.25, -0.2) is 0 Å². The number of carbonyl (C=O) groups excluding carboxylic acids is 3. The highest BCUT2D eigenvalue weighted by molar-refractivity contribution is 8.18. The van der Waals surface area contributed by atoms with Gasteiger partial charge >= 0.3 is 5.97 Å². The molecule has 0 aliphatic carbocycles. The monoisotopic (exact) mass is 293 g/mol. The first kappa shape index (κ1) is 14.1. The summed E-state index contributed by atoms with van der Waals surface area (Å²) in [4.78, 5) is 35.9. The number of hydrogen-bond donors (Lipinski definition) is 1. The van der Waals surface area contributed by atoms with E-state index < -0.39 is 23.7 Å². The Morgan fingerprint density at radius 3 is 2.60 bits per heavy atom. The first-order valence-electron chi connectivity index (χ1n) is 5.62.